The largest absolute Gasteiger partial charge is 1.00 e. The minimum atomic E-state index is -3.92. The van der Waals surface area contributed by atoms with Crippen LogP contribution in [0.1, 0.15) is 13.3 Å². The number of nitrogens with two attached hydrogens (primary N) is 1. The third kappa shape index (κ3) is 31.4. The van der Waals surface area contributed by atoms with Crippen LogP contribution in [0.3, 0.4) is 0 Å². The van der Waals surface area contributed by atoms with Gasteiger partial charge in [0.1, 0.15) is 0 Å². The molecule has 0 aromatic carbocycles. The fourth-order valence-electron chi connectivity index (χ4n) is 0.423. The van der Waals surface area contributed by atoms with Gasteiger partial charge in [0.05, 0.1) is 10.1 Å². The smallest absolute Gasteiger partial charge is 0.748 e. The van der Waals surface area contributed by atoms with Gasteiger partial charge >= 0.3 is 29.6 Å². The Hall–Kier alpha value is 0.340. The van der Waals surface area contributed by atoms with E-state index >= 15 is 0 Å². The average Bonchev–Trinajstić information content (AvgIpc) is 1.99. The molecule has 0 fully saturated rings. The van der Waals surface area contributed by atoms with Crippen LogP contribution in [0, 0.1) is 0 Å². The Morgan fingerprint density at radius 2 is 2.13 bits per heavy atom. The van der Waals surface area contributed by atoms with Gasteiger partial charge in [0, 0.05) is 12.3 Å². The minimum absolute atomic E-state index is 0. The zero-order valence-corrected chi connectivity index (χ0v) is 12.7. The summed E-state index contributed by atoms with van der Waals surface area (Å²) >= 11 is 4.48. The van der Waals surface area contributed by atoms with Crippen LogP contribution in [0.2, 0.25) is 0 Å². The Bertz CT molecular complexity index is 267. The van der Waals surface area contributed by atoms with Gasteiger partial charge in [-0.05, 0) is 18.6 Å². The van der Waals surface area contributed by atoms with Gasteiger partial charge in [-0.1, -0.05) is 13.0 Å². The van der Waals surface area contributed by atoms with Crippen LogP contribution in [0.4, 0.5) is 0 Å². The second-order valence-electron chi connectivity index (χ2n) is 2.30. The van der Waals surface area contributed by atoms with Crippen molar-refractivity contribution in [2.75, 3.05) is 12.3 Å². The molecule has 0 unspecified atom stereocenters. The molecule has 5 nitrogen and oxygen atoms in total. The van der Waals surface area contributed by atoms with Crippen LogP contribution in [-0.2, 0) is 10.1 Å². The molecule has 15 heavy (non-hydrogen) atoms. The summed E-state index contributed by atoms with van der Waals surface area (Å²) in [5, 5.41) is 3.01. The average molecular weight is 262 g/mol. The molecule has 0 aliphatic carbocycles. The normalized spacial score (nSPS) is 8.93. The van der Waals surface area contributed by atoms with Crippen molar-refractivity contribution >= 4 is 27.4 Å². The predicted octanol–water partition coefficient (Wildman–Crippen LogP) is -3.05. The van der Waals surface area contributed by atoms with Crippen LogP contribution < -0.4 is 40.6 Å². The van der Waals surface area contributed by atoms with Crippen LogP contribution in [0.5, 0.6) is 0 Å². The molecule has 0 radical (unpaired) electrons. The van der Waals surface area contributed by atoms with Crippen molar-refractivity contribution in [2.45, 2.75) is 13.3 Å². The summed E-state index contributed by atoms with van der Waals surface area (Å²) in [6.07, 6.45) is 2.10. The van der Waals surface area contributed by atoms with Crippen molar-refractivity contribution < 1.29 is 42.5 Å². The summed E-state index contributed by atoms with van der Waals surface area (Å²) in [5.41, 5.74) is 5.05. The topological polar surface area (TPSA) is 95.2 Å². The summed E-state index contributed by atoms with van der Waals surface area (Å²) in [4.78, 5) is 0. The molecular weight excluding hydrogens is 247 g/mol. The van der Waals surface area contributed by atoms with Gasteiger partial charge in [-0.3, -0.25) is 0 Å². The van der Waals surface area contributed by atoms with E-state index in [1.54, 1.807) is 13.0 Å². The van der Waals surface area contributed by atoms with E-state index < -0.39 is 10.1 Å². The van der Waals surface area contributed by atoms with E-state index in [1.165, 1.54) is 0 Å². The third-order valence-corrected chi connectivity index (χ3v) is 1.93. The van der Waals surface area contributed by atoms with Crippen molar-refractivity contribution in [3.8, 4) is 0 Å². The molecule has 0 heterocycles. The Morgan fingerprint density at radius 3 is 2.20 bits per heavy atom. The second kappa shape index (κ2) is 12.4. The molecular formula is C7H15N2NaO3S2. The molecule has 0 atom stereocenters. The van der Waals surface area contributed by atoms with E-state index in [0.29, 0.717) is 18.1 Å². The van der Waals surface area contributed by atoms with E-state index in [0.717, 1.165) is 0 Å². The number of hydrogen-bond acceptors (Lipinski definition) is 4. The van der Waals surface area contributed by atoms with E-state index in [-0.39, 0.29) is 35.3 Å². The molecule has 3 N–H and O–H groups in total. The van der Waals surface area contributed by atoms with Crippen molar-refractivity contribution in [3.63, 3.8) is 0 Å². The van der Waals surface area contributed by atoms with Crippen LogP contribution in [0.25, 0.3) is 0 Å². The monoisotopic (exact) mass is 262 g/mol. The first kappa shape index (κ1) is 20.7. The fraction of sp³-hybridized carbons (Fsp3) is 0.571. The molecule has 0 aliphatic rings. The molecule has 0 saturated heterocycles. The van der Waals surface area contributed by atoms with Gasteiger partial charge in [0.25, 0.3) is 0 Å². The molecule has 84 valence electrons. The maximum Gasteiger partial charge on any atom is 1.00 e. The fourth-order valence-corrected chi connectivity index (χ4v) is 1.01. The molecule has 0 amide bonds. The van der Waals surface area contributed by atoms with E-state index in [4.69, 9.17) is 5.73 Å². The van der Waals surface area contributed by atoms with Crippen molar-refractivity contribution in [3.05, 3.63) is 12.7 Å². The molecule has 0 aromatic heterocycles. The number of hydrogen-bond donors (Lipinski definition) is 2. The van der Waals surface area contributed by atoms with Gasteiger partial charge in [-0.25, -0.2) is 8.42 Å². The van der Waals surface area contributed by atoms with Gasteiger partial charge in [0.15, 0.2) is 5.11 Å². The Balaban J connectivity index is -0.000000180. The molecule has 0 bridgehead atoms. The molecule has 0 rings (SSSR count). The van der Waals surface area contributed by atoms with Gasteiger partial charge in [-0.2, -0.15) is 0 Å². The van der Waals surface area contributed by atoms with Crippen molar-refractivity contribution in [1.82, 2.24) is 5.32 Å². The third-order valence-electron chi connectivity index (χ3n) is 0.875. The quantitative estimate of drug-likeness (QED) is 0.242. The van der Waals surface area contributed by atoms with Gasteiger partial charge in [-0.15, -0.1) is 6.58 Å². The molecule has 0 saturated carbocycles. The first-order valence-electron chi connectivity index (χ1n) is 3.91. The first-order valence-corrected chi connectivity index (χ1v) is 5.89. The summed E-state index contributed by atoms with van der Waals surface area (Å²) in [6.45, 7) is 5.75. The van der Waals surface area contributed by atoms with E-state index in [1.807, 2.05) is 0 Å². The zero-order valence-electron chi connectivity index (χ0n) is 9.02. The maximum absolute atomic E-state index is 9.68. The summed E-state index contributed by atoms with van der Waals surface area (Å²) < 4.78 is 29.0. The van der Waals surface area contributed by atoms with Crippen LogP contribution >= 0.6 is 12.2 Å². The SMILES string of the molecule is C=CCNC(N)=S.CCCS(=O)(=O)[O-].[Na+]. The molecule has 0 aromatic rings. The standard InChI is InChI=1S/C4H8N2S.C3H8O3S.Na/c1-2-3-6-4(5)7;1-2-3-7(4,5)6;/h2H,1,3H2,(H3,5,6,7);2-3H2,1H3,(H,4,5,6);/q;;+1/p-1. The van der Waals surface area contributed by atoms with E-state index in [2.05, 4.69) is 24.1 Å². The van der Waals surface area contributed by atoms with Crippen molar-refractivity contribution in [1.29, 1.82) is 0 Å². The van der Waals surface area contributed by atoms with Gasteiger partial charge < -0.3 is 15.6 Å². The van der Waals surface area contributed by atoms with Crippen LogP contribution in [-0.4, -0.2) is 30.4 Å². The van der Waals surface area contributed by atoms with Crippen molar-refractivity contribution in [2.24, 2.45) is 5.73 Å². The zero-order chi connectivity index (χ0) is 11.6. The number of rotatable bonds is 4. The van der Waals surface area contributed by atoms with Crippen LogP contribution in [0.15, 0.2) is 12.7 Å². The molecule has 0 spiro atoms. The minimum Gasteiger partial charge on any atom is -0.748 e. The first-order chi connectivity index (χ1) is 6.33. The number of nitrogens with one attached hydrogen (secondary N) is 1. The predicted molar refractivity (Wildman–Crippen MR) is 59.8 cm³/mol. The Labute approximate surface area is 119 Å². The number of thiocarbonyl (C=S) groups is 1. The van der Waals surface area contributed by atoms with Gasteiger partial charge in [0.2, 0.25) is 0 Å². The second-order valence-corrected chi connectivity index (χ2v) is 4.26. The molecule has 0 aliphatic heterocycles. The Morgan fingerprint density at radius 1 is 1.67 bits per heavy atom. The summed E-state index contributed by atoms with van der Waals surface area (Å²) in [7, 11) is -3.92. The van der Waals surface area contributed by atoms with E-state index in [9.17, 15) is 13.0 Å². The maximum atomic E-state index is 9.68. The molecule has 8 heteroatoms. The summed E-state index contributed by atoms with van der Waals surface area (Å²) in [6, 6.07) is 0. The summed E-state index contributed by atoms with van der Waals surface area (Å²) in [5.74, 6) is -0.243. The Kier molecular flexibility index (Phi) is 17.1.